The fraction of sp³-hybridized carbons (Fsp3) is 0.214. The molecule has 0 fully saturated rings. The van der Waals surface area contributed by atoms with Crippen molar-refractivity contribution in [1.29, 1.82) is 0 Å². The number of anilines is 2. The first-order valence-electron chi connectivity index (χ1n) is 6.47. The number of phenolic OH excluding ortho intramolecular Hbond substituents is 1. The Hall–Kier alpha value is -2.61. The number of aryl methyl sites for hydroxylation is 1. The lowest BCUT2D eigenvalue weighted by molar-refractivity contribution is -0.116. The van der Waals surface area contributed by atoms with Crippen molar-refractivity contribution < 1.29 is 14.7 Å². The fourth-order valence-electron chi connectivity index (χ4n) is 1.83. The minimum atomic E-state index is -0.507. The molecule has 0 aliphatic rings. The summed E-state index contributed by atoms with van der Waals surface area (Å²) in [5, 5.41) is 15.7. The lowest BCUT2D eigenvalue weighted by atomic mass is 10.1. The molecule has 5 N–H and O–H groups in total. The van der Waals surface area contributed by atoms with E-state index in [-0.39, 0.29) is 18.2 Å². The van der Waals surface area contributed by atoms with E-state index in [1.54, 1.807) is 19.1 Å². The number of carbonyl (C=O) groups is 2. The molecule has 7 nitrogen and oxygen atoms in total. The van der Waals surface area contributed by atoms with Crippen LogP contribution in [0.4, 0.5) is 10.8 Å². The van der Waals surface area contributed by atoms with Gasteiger partial charge in [0.15, 0.2) is 5.13 Å². The predicted octanol–water partition coefficient (Wildman–Crippen LogP) is 1.62. The smallest absolute Gasteiger partial charge is 0.267 e. The highest BCUT2D eigenvalue weighted by Crippen LogP contribution is 2.29. The number of benzene rings is 1. The number of thiazole rings is 1. The average Bonchev–Trinajstić information content (AvgIpc) is 2.94. The second-order valence-electron chi connectivity index (χ2n) is 4.71. The number of hydrogen-bond donors (Lipinski definition) is 4. The summed E-state index contributed by atoms with van der Waals surface area (Å²) in [6.45, 7) is 3.53. The van der Waals surface area contributed by atoms with Crippen molar-refractivity contribution in [3.05, 3.63) is 34.3 Å². The van der Waals surface area contributed by atoms with Crippen LogP contribution < -0.4 is 16.4 Å². The van der Waals surface area contributed by atoms with Crippen LogP contribution in [0.1, 0.15) is 20.8 Å². The number of nitrogens with one attached hydrogen (secondary N) is 2. The maximum absolute atomic E-state index is 12.2. The molecule has 0 spiro atoms. The first kappa shape index (κ1) is 15.8. The number of primary amides is 1. The predicted molar refractivity (Wildman–Crippen MR) is 85.3 cm³/mol. The molecule has 0 atom stereocenters. The van der Waals surface area contributed by atoms with E-state index in [0.717, 1.165) is 16.9 Å². The molecular weight excluding hydrogens is 304 g/mol. The largest absolute Gasteiger partial charge is 0.508 e. The van der Waals surface area contributed by atoms with Crippen LogP contribution in [0.15, 0.2) is 18.3 Å². The fourth-order valence-corrected chi connectivity index (χ4v) is 2.53. The summed E-state index contributed by atoms with van der Waals surface area (Å²) in [7, 11) is 0. The van der Waals surface area contributed by atoms with Gasteiger partial charge in [-0.1, -0.05) is 17.4 Å². The number of aromatic hydroxyl groups is 1. The molecule has 1 aromatic heterocycles. The van der Waals surface area contributed by atoms with Gasteiger partial charge >= 0.3 is 0 Å². The van der Waals surface area contributed by atoms with E-state index in [2.05, 4.69) is 15.6 Å². The van der Waals surface area contributed by atoms with E-state index in [0.29, 0.717) is 21.3 Å². The SMILES string of the molecule is Cc1ccc(O)c(C)c1NC(=O)c1cnc(NCC(N)=O)s1. The van der Waals surface area contributed by atoms with Gasteiger partial charge in [-0.3, -0.25) is 9.59 Å². The zero-order valence-electron chi connectivity index (χ0n) is 12.1. The minimum Gasteiger partial charge on any atom is -0.508 e. The summed E-state index contributed by atoms with van der Waals surface area (Å²) in [6.07, 6.45) is 1.41. The van der Waals surface area contributed by atoms with E-state index in [4.69, 9.17) is 5.73 Å². The quantitative estimate of drug-likeness (QED) is 0.668. The Labute approximate surface area is 131 Å². The van der Waals surface area contributed by atoms with Gasteiger partial charge in [0.2, 0.25) is 5.91 Å². The van der Waals surface area contributed by atoms with Crippen LogP contribution in [0.3, 0.4) is 0 Å². The van der Waals surface area contributed by atoms with Crippen molar-refractivity contribution >= 4 is 34.0 Å². The molecule has 22 heavy (non-hydrogen) atoms. The van der Waals surface area contributed by atoms with Gasteiger partial charge < -0.3 is 21.5 Å². The minimum absolute atomic E-state index is 0.0423. The maximum Gasteiger partial charge on any atom is 0.267 e. The van der Waals surface area contributed by atoms with Crippen LogP contribution in [-0.2, 0) is 4.79 Å². The third kappa shape index (κ3) is 3.53. The number of carbonyl (C=O) groups excluding carboxylic acids is 2. The van der Waals surface area contributed by atoms with Gasteiger partial charge in [-0.15, -0.1) is 0 Å². The van der Waals surface area contributed by atoms with Gasteiger partial charge in [-0.05, 0) is 25.5 Å². The Morgan fingerprint density at radius 1 is 1.36 bits per heavy atom. The molecule has 2 rings (SSSR count). The number of nitrogens with two attached hydrogens (primary N) is 1. The van der Waals surface area contributed by atoms with E-state index in [1.165, 1.54) is 6.20 Å². The highest BCUT2D eigenvalue weighted by Gasteiger charge is 2.14. The highest BCUT2D eigenvalue weighted by atomic mass is 32.1. The standard InChI is InChI=1S/C14H16N4O3S/c1-7-3-4-9(19)8(2)12(7)18-13(21)10-5-16-14(22-10)17-6-11(15)20/h3-5,19H,6H2,1-2H3,(H2,15,20)(H,16,17)(H,18,21). The molecule has 0 unspecified atom stereocenters. The molecule has 0 aliphatic heterocycles. The number of aromatic nitrogens is 1. The number of rotatable bonds is 5. The van der Waals surface area contributed by atoms with Crippen molar-refractivity contribution in [2.24, 2.45) is 5.73 Å². The van der Waals surface area contributed by atoms with Gasteiger partial charge in [-0.25, -0.2) is 4.98 Å². The van der Waals surface area contributed by atoms with Crippen LogP contribution >= 0.6 is 11.3 Å². The first-order chi connectivity index (χ1) is 10.4. The van der Waals surface area contributed by atoms with Crippen molar-refractivity contribution in [2.45, 2.75) is 13.8 Å². The summed E-state index contributed by atoms with van der Waals surface area (Å²) < 4.78 is 0. The molecule has 2 aromatic rings. The molecule has 0 saturated heterocycles. The van der Waals surface area contributed by atoms with Gasteiger partial charge in [0.1, 0.15) is 10.6 Å². The second kappa shape index (κ2) is 6.44. The number of nitrogens with zero attached hydrogens (tertiary/aromatic N) is 1. The Morgan fingerprint density at radius 3 is 2.77 bits per heavy atom. The average molecular weight is 320 g/mol. The lowest BCUT2D eigenvalue weighted by Gasteiger charge is -2.11. The Balaban J connectivity index is 2.13. The normalized spacial score (nSPS) is 10.3. The maximum atomic E-state index is 12.2. The first-order valence-corrected chi connectivity index (χ1v) is 7.28. The van der Waals surface area contributed by atoms with E-state index < -0.39 is 5.91 Å². The van der Waals surface area contributed by atoms with Crippen molar-refractivity contribution in [2.75, 3.05) is 17.2 Å². The lowest BCUT2D eigenvalue weighted by Crippen LogP contribution is -2.21. The zero-order chi connectivity index (χ0) is 16.3. The van der Waals surface area contributed by atoms with E-state index >= 15 is 0 Å². The second-order valence-corrected chi connectivity index (χ2v) is 5.74. The molecule has 0 bridgehead atoms. The summed E-state index contributed by atoms with van der Waals surface area (Å²) in [5.74, 6) is -0.720. The third-order valence-electron chi connectivity index (χ3n) is 3.03. The molecule has 0 aliphatic carbocycles. The number of phenols is 1. The highest BCUT2D eigenvalue weighted by molar-refractivity contribution is 7.17. The van der Waals surface area contributed by atoms with Crippen LogP contribution in [0.5, 0.6) is 5.75 Å². The Morgan fingerprint density at radius 2 is 2.09 bits per heavy atom. The van der Waals surface area contributed by atoms with Crippen LogP contribution in [0.2, 0.25) is 0 Å². The van der Waals surface area contributed by atoms with Crippen LogP contribution in [-0.4, -0.2) is 28.4 Å². The summed E-state index contributed by atoms with van der Waals surface area (Å²) in [6, 6.07) is 3.31. The zero-order valence-corrected chi connectivity index (χ0v) is 13.0. The summed E-state index contributed by atoms with van der Waals surface area (Å²) in [5.41, 5.74) is 7.05. The Bertz CT molecular complexity index is 727. The van der Waals surface area contributed by atoms with Gasteiger partial charge in [0.05, 0.1) is 18.4 Å². The van der Waals surface area contributed by atoms with Crippen molar-refractivity contribution in [3.63, 3.8) is 0 Å². The van der Waals surface area contributed by atoms with Gasteiger partial charge in [-0.2, -0.15) is 0 Å². The molecule has 8 heteroatoms. The Kier molecular flexibility index (Phi) is 4.62. The molecular formula is C14H16N4O3S. The number of amides is 2. The van der Waals surface area contributed by atoms with Crippen molar-refractivity contribution in [3.8, 4) is 5.75 Å². The van der Waals surface area contributed by atoms with E-state index in [9.17, 15) is 14.7 Å². The number of hydrogen-bond acceptors (Lipinski definition) is 6. The molecule has 0 saturated carbocycles. The van der Waals surface area contributed by atoms with Crippen molar-refractivity contribution in [1.82, 2.24) is 4.98 Å². The summed E-state index contributed by atoms with van der Waals surface area (Å²) in [4.78, 5) is 27.3. The third-order valence-corrected chi connectivity index (χ3v) is 3.98. The monoisotopic (exact) mass is 320 g/mol. The van der Waals surface area contributed by atoms with Crippen LogP contribution in [0, 0.1) is 13.8 Å². The van der Waals surface area contributed by atoms with Crippen LogP contribution in [0.25, 0.3) is 0 Å². The van der Waals surface area contributed by atoms with E-state index in [1.807, 2.05) is 6.92 Å². The topological polar surface area (TPSA) is 117 Å². The van der Waals surface area contributed by atoms with Gasteiger partial charge in [0, 0.05) is 5.56 Å². The molecule has 1 aromatic carbocycles. The molecule has 1 heterocycles. The molecule has 116 valence electrons. The van der Waals surface area contributed by atoms with Gasteiger partial charge in [0.25, 0.3) is 5.91 Å². The molecule has 2 amide bonds. The summed E-state index contributed by atoms with van der Waals surface area (Å²) >= 11 is 1.11. The molecule has 0 radical (unpaired) electrons.